The number of fused-ring (bicyclic) bond motifs is 7. The Morgan fingerprint density at radius 3 is 2.40 bits per heavy atom. The van der Waals surface area contributed by atoms with Crippen molar-refractivity contribution in [3.63, 3.8) is 0 Å². The lowest BCUT2D eigenvalue weighted by Crippen LogP contribution is -2.68. The van der Waals surface area contributed by atoms with E-state index in [9.17, 15) is 25.2 Å². The minimum atomic E-state index is -0.917. The molecule has 35 heavy (non-hydrogen) atoms. The van der Waals surface area contributed by atoms with Gasteiger partial charge in [0.05, 0.1) is 24.2 Å². The highest BCUT2D eigenvalue weighted by Crippen LogP contribution is 2.75. The molecule has 4 fully saturated rings. The summed E-state index contributed by atoms with van der Waals surface area (Å²) in [6.45, 7) is 15.5. The molecule has 0 aromatic rings. The second-order valence-corrected chi connectivity index (χ2v) is 14.1. The summed E-state index contributed by atoms with van der Waals surface area (Å²) in [5.41, 5.74) is 0.748. The predicted octanol–water partition coefficient (Wildman–Crippen LogP) is 4.95. The van der Waals surface area contributed by atoms with Crippen LogP contribution in [0.5, 0.6) is 0 Å². The minimum absolute atomic E-state index is 0.00946. The van der Waals surface area contributed by atoms with Crippen LogP contribution >= 0.6 is 0 Å². The number of allylic oxidation sites excluding steroid dienone is 3. The summed E-state index contributed by atoms with van der Waals surface area (Å²) in [4.78, 5) is 12.8. The summed E-state index contributed by atoms with van der Waals surface area (Å²) in [5, 5.41) is 42.8. The molecule has 5 nitrogen and oxygen atoms in total. The van der Waals surface area contributed by atoms with Gasteiger partial charge in [-0.3, -0.25) is 4.79 Å². The van der Waals surface area contributed by atoms with E-state index in [0.717, 1.165) is 32.1 Å². The normalized spacial score (nSPS) is 55.7. The van der Waals surface area contributed by atoms with Gasteiger partial charge >= 0.3 is 5.97 Å². The number of aliphatic hydroxyl groups excluding tert-OH is 3. The number of carboxylic acid groups (broad SMARTS) is 1. The average molecular weight is 487 g/mol. The zero-order valence-corrected chi connectivity index (χ0v) is 22.3. The number of aliphatic hydroxyl groups is 3. The highest BCUT2D eigenvalue weighted by Gasteiger charge is 2.70. The van der Waals surface area contributed by atoms with E-state index in [-0.39, 0.29) is 40.6 Å². The molecule has 4 saturated carbocycles. The molecule has 5 heteroatoms. The van der Waals surface area contributed by atoms with Crippen molar-refractivity contribution in [1.29, 1.82) is 0 Å². The van der Waals surface area contributed by atoms with Crippen molar-refractivity contribution >= 4 is 5.97 Å². The number of carbonyl (C=O) groups is 1. The van der Waals surface area contributed by atoms with Gasteiger partial charge in [0.2, 0.25) is 0 Å². The molecule has 0 spiro atoms. The quantitative estimate of drug-likeness (QED) is 0.414. The molecular weight excluding hydrogens is 440 g/mol. The maximum absolute atomic E-state index is 12.8. The highest BCUT2D eigenvalue weighted by molar-refractivity contribution is 5.77. The Morgan fingerprint density at radius 1 is 1.09 bits per heavy atom. The fraction of sp³-hybridized carbons (Fsp3) is 0.833. The smallest absolute Gasteiger partial charge is 0.310 e. The number of carboxylic acids is 1. The Labute approximate surface area is 210 Å². The average Bonchev–Trinajstić information content (AvgIpc) is 2.80. The molecule has 0 amide bonds. The van der Waals surface area contributed by atoms with Gasteiger partial charge in [0.1, 0.15) is 0 Å². The maximum atomic E-state index is 12.8. The van der Waals surface area contributed by atoms with Crippen molar-refractivity contribution in [2.24, 2.45) is 50.7 Å². The van der Waals surface area contributed by atoms with E-state index in [1.54, 1.807) is 0 Å². The van der Waals surface area contributed by atoms with Crippen LogP contribution in [0.4, 0.5) is 0 Å². The lowest BCUT2D eigenvalue weighted by atomic mass is 9.33. The largest absolute Gasteiger partial charge is 0.481 e. The van der Waals surface area contributed by atoms with Gasteiger partial charge in [0.25, 0.3) is 0 Å². The molecule has 0 aromatic heterocycles. The van der Waals surface area contributed by atoms with Gasteiger partial charge < -0.3 is 20.4 Å². The first-order valence-corrected chi connectivity index (χ1v) is 13.8. The van der Waals surface area contributed by atoms with Gasteiger partial charge in [0, 0.05) is 11.3 Å². The number of aliphatic carboxylic acids is 1. The fourth-order valence-corrected chi connectivity index (χ4v) is 10.7. The van der Waals surface area contributed by atoms with Crippen LogP contribution in [0.2, 0.25) is 0 Å². The van der Waals surface area contributed by atoms with Gasteiger partial charge in [0.15, 0.2) is 0 Å². The number of hydrogen-bond acceptors (Lipinski definition) is 4. The summed E-state index contributed by atoms with van der Waals surface area (Å²) < 4.78 is 0. The van der Waals surface area contributed by atoms with Crippen molar-refractivity contribution in [3.05, 3.63) is 23.8 Å². The summed E-state index contributed by atoms with van der Waals surface area (Å²) in [5.74, 6) is -0.0668. The molecule has 5 rings (SSSR count). The summed E-state index contributed by atoms with van der Waals surface area (Å²) in [6, 6.07) is 0. The van der Waals surface area contributed by atoms with E-state index in [2.05, 4.69) is 40.3 Å². The second kappa shape index (κ2) is 7.68. The Kier molecular flexibility index (Phi) is 5.59. The van der Waals surface area contributed by atoms with Gasteiger partial charge in [-0.15, -0.1) is 0 Å². The highest BCUT2D eigenvalue weighted by atomic mass is 16.4. The third-order valence-electron chi connectivity index (χ3n) is 13.1. The standard InChI is InChI=1S/C30H46O5/c1-17-9-12-30(25(34)35)14-13-28(5)19(23(30)18(17)2)7-8-22-26(3)15-20(32)24(33)27(4,16-31)21(26)10-11-29(22,28)6/h7,18,20-24,31-33H,1,8-16H2,2-6H3,(H,34,35)/t18?,20-,21?,22?,23?,24+,26?,27?,28?,29?,30?/m1/s1. The molecule has 0 aliphatic heterocycles. The van der Waals surface area contributed by atoms with E-state index < -0.39 is 29.0 Å². The van der Waals surface area contributed by atoms with Crippen LogP contribution in [0.1, 0.15) is 86.0 Å². The lowest BCUT2D eigenvalue weighted by molar-refractivity contribution is -0.243. The fourth-order valence-electron chi connectivity index (χ4n) is 10.7. The Morgan fingerprint density at radius 2 is 1.77 bits per heavy atom. The van der Waals surface area contributed by atoms with Crippen LogP contribution in [-0.2, 0) is 4.79 Å². The molecule has 5 aliphatic rings. The Bertz CT molecular complexity index is 972. The van der Waals surface area contributed by atoms with Crippen LogP contribution in [0.3, 0.4) is 0 Å². The van der Waals surface area contributed by atoms with Crippen LogP contribution in [-0.4, -0.2) is 45.2 Å². The van der Waals surface area contributed by atoms with E-state index in [4.69, 9.17) is 0 Å². The maximum Gasteiger partial charge on any atom is 0.310 e. The van der Waals surface area contributed by atoms with E-state index in [0.29, 0.717) is 25.2 Å². The molecule has 196 valence electrons. The summed E-state index contributed by atoms with van der Waals surface area (Å²) in [6.07, 6.45) is 7.00. The molecule has 0 heterocycles. The Hall–Kier alpha value is -1.17. The first-order valence-electron chi connectivity index (χ1n) is 13.8. The monoisotopic (exact) mass is 486 g/mol. The van der Waals surface area contributed by atoms with E-state index in [1.807, 2.05) is 6.92 Å². The molecule has 5 aliphatic carbocycles. The number of hydrogen-bond donors (Lipinski definition) is 4. The molecule has 0 bridgehead atoms. The molecule has 11 atom stereocenters. The van der Waals surface area contributed by atoms with Crippen molar-refractivity contribution < 1.29 is 25.2 Å². The summed E-state index contributed by atoms with van der Waals surface area (Å²) in [7, 11) is 0. The summed E-state index contributed by atoms with van der Waals surface area (Å²) >= 11 is 0. The predicted molar refractivity (Wildman–Crippen MR) is 135 cm³/mol. The van der Waals surface area contributed by atoms with Crippen molar-refractivity contribution in [1.82, 2.24) is 0 Å². The third-order valence-corrected chi connectivity index (χ3v) is 13.1. The molecule has 9 unspecified atom stereocenters. The Balaban J connectivity index is 1.63. The molecule has 0 saturated heterocycles. The van der Waals surface area contributed by atoms with Gasteiger partial charge in [-0.25, -0.2) is 0 Å². The molecule has 0 radical (unpaired) electrons. The second-order valence-electron chi connectivity index (χ2n) is 14.1. The zero-order valence-electron chi connectivity index (χ0n) is 22.3. The van der Waals surface area contributed by atoms with Crippen LogP contribution in [0, 0.1) is 50.7 Å². The molecule has 0 aromatic carbocycles. The molecular formula is C30H46O5. The van der Waals surface area contributed by atoms with Crippen molar-refractivity contribution in [2.75, 3.05) is 6.61 Å². The van der Waals surface area contributed by atoms with Crippen LogP contribution < -0.4 is 0 Å². The van der Waals surface area contributed by atoms with Crippen LogP contribution in [0.25, 0.3) is 0 Å². The van der Waals surface area contributed by atoms with Crippen molar-refractivity contribution in [3.8, 4) is 0 Å². The van der Waals surface area contributed by atoms with Crippen LogP contribution in [0.15, 0.2) is 23.8 Å². The third kappa shape index (κ3) is 2.89. The number of rotatable bonds is 2. The zero-order chi connectivity index (χ0) is 25.8. The molecule has 4 N–H and O–H groups in total. The first-order chi connectivity index (χ1) is 16.2. The van der Waals surface area contributed by atoms with Crippen molar-refractivity contribution in [2.45, 2.75) is 98.2 Å². The lowest BCUT2D eigenvalue weighted by Gasteiger charge is -2.71. The first kappa shape index (κ1) is 25.5. The van der Waals surface area contributed by atoms with Gasteiger partial charge in [-0.05, 0) is 85.4 Å². The van der Waals surface area contributed by atoms with E-state index >= 15 is 0 Å². The van der Waals surface area contributed by atoms with E-state index in [1.165, 1.54) is 11.1 Å². The van der Waals surface area contributed by atoms with Gasteiger partial charge in [-0.2, -0.15) is 0 Å². The SMILES string of the molecule is C=C1CCC2(C(=O)O)CCC3(C)C(=CCC4C5(C)C[C@@H](O)[C@H](O)C(C)(CO)C5CCC43C)C2C1C. The van der Waals surface area contributed by atoms with Gasteiger partial charge in [-0.1, -0.05) is 58.4 Å². The minimum Gasteiger partial charge on any atom is -0.481 e. The topological polar surface area (TPSA) is 98.0 Å².